The predicted octanol–water partition coefficient (Wildman–Crippen LogP) is 2.95. The van der Waals surface area contributed by atoms with Crippen molar-refractivity contribution in [1.29, 1.82) is 5.26 Å². The fraction of sp³-hybridized carbons (Fsp3) is 0.222. The number of carbonyl (C=O) groups excluding carboxylic acids is 1. The van der Waals surface area contributed by atoms with Gasteiger partial charge in [-0.25, -0.2) is 0 Å². The maximum absolute atomic E-state index is 12.5. The quantitative estimate of drug-likeness (QED) is 0.946. The molecule has 0 aromatic heterocycles. The zero-order valence-electron chi connectivity index (χ0n) is 12.4. The van der Waals surface area contributed by atoms with Crippen molar-refractivity contribution in [1.82, 2.24) is 0 Å². The van der Waals surface area contributed by atoms with Gasteiger partial charge in [0.05, 0.1) is 11.3 Å². The SMILES string of the molecule is C[C@H](C(=O)Nc1ccccc1C#N)N1CCc2ccccc21. The lowest BCUT2D eigenvalue weighted by molar-refractivity contribution is -0.117. The fourth-order valence-corrected chi connectivity index (χ4v) is 2.83. The van der Waals surface area contributed by atoms with Gasteiger partial charge < -0.3 is 10.2 Å². The summed E-state index contributed by atoms with van der Waals surface area (Å²) in [5.41, 5.74) is 3.44. The monoisotopic (exact) mass is 291 g/mol. The fourth-order valence-electron chi connectivity index (χ4n) is 2.83. The Morgan fingerprint density at radius 3 is 2.77 bits per heavy atom. The van der Waals surface area contributed by atoms with Crippen LogP contribution in [0.25, 0.3) is 0 Å². The Morgan fingerprint density at radius 1 is 1.23 bits per heavy atom. The van der Waals surface area contributed by atoms with Crippen LogP contribution in [0.3, 0.4) is 0 Å². The summed E-state index contributed by atoms with van der Waals surface area (Å²) in [7, 11) is 0. The molecule has 110 valence electrons. The van der Waals surface area contributed by atoms with E-state index < -0.39 is 0 Å². The molecule has 22 heavy (non-hydrogen) atoms. The standard InChI is InChI=1S/C18H17N3O/c1-13(21-11-10-14-6-3-5-9-17(14)21)18(22)20-16-8-4-2-7-15(16)12-19/h2-9,13H,10-11H2,1H3,(H,20,22)/t13-/m1/s1. The lowest BCUT2D eigenvalue weighted by atomic mass is 10.1. The van der Waals surface area contributed by atoms with Crippen LogP contribution < -0.4 is 10.2 Å². The van der Waals surface area contributed by atoms with Crippen LogP contribution in [0.2, 0.25) is 0 Å². The molecular formula is C18H17N3O. The van der Waals surface area contributed by atoms with Crippen molar-refractivity contribution in [2.45, 2.75) is 19.4 Å². The lowest BCUT2D eigenvalue weighted by Gasteiger charge is -2.26. The first-order valence-electron chi connectivity index (χ1n) is 7.35. The van der Waals surface area contributed by atoms with Crippen molar-refractivity contribution in [3.8, 4) is 6.07 Å². The van der Waals surface area contributed by atoms with Gasteiger partial charge in [0.15, 0.2) is 0 Å². The van der Waals surface area contributed by atoms with E-state index in [0.29, 0.717) is 11.3 Å². The summed E-state index contributed by atoms with van der Waals surface area (Å²) in [6.07, 6.45) is 0.961. The van der Waals surface area contributed by atoms with Gasteiger partial charge in [-0.1, -0.05) is 30.3 Å². The third kappa shape index (κ3) is 2.53. The molecule has 1 amide bonds. The molecule has 1 N–H and O–H groups in total. The van der Waals surface area contributed by atoms with Crippen LogP contribution in [-0.4, -0.2) is 18.5 Å². The number of rotatable bonds is 3. The molecule has 1 aliphatic rings. The molecule has 4 nitrogen and oxygen atoms in total. The smallest absolute Gasteiger partial charge is 0.246 e. The number of hydrogen-bond acceptors (Lipinski definition) is 3. The molecular weight excluding hydrogens is 274 g/mol. The van der Waals surface area contributed by atoms with Gasteiger partial charge in [0.2, 0.25) is 5.91 Å². The normalized spacial score (nSPS) is 14.1. The summed E-state index contributed by atoms with van der Waals surface area (Å²) in [5.74, 6) is -0.0978. The highest BCUT2D eigenvalue weighted by Crippen LogP contribution is 2.29. The van der Waals surface area contributed by atoms with Gasteiger partial charge in [0.1, 0.15) is 12.1 Å². The zero-order valence-corrected chi connectivity index (χ0v) is 12.4. The number of anilines is 2. The van der Waals surface area contributed by atoms with Gasteiger partial charge in [0, 0.05) is 12.2 Å². The van der Waals surface area contributed by atoms with Crippen LogP contribution in [0.4, 0.5) is 11.4 Å². The van der Waals surface area contributed by atoms with E-state index in [2.05, 4.69) is 28.4 Å². The zero-order chi connectivity index (χ0) is 15.5. The van der Waals surface area contributed by atoms with E-state index in [1.54, 1.807) is 18.2 Å². The molecule has 0 unspecified atom stereocenters. The number of nitrogens with one attached hydrogen (secondary N) is 1. The number of benzene rings is 2. The van der Waals surface area contributed by atoms with E-state index in [1.807, 2.05) is 25.1 Å². The summed E-state index contributed by atoms with van der Waals surface area (Å²) in [4.78, 5) is 14.6. The molecule has 3 rings (SSSR count). The molecule has 4 heteroatoms. The van der Waals surface area contributed by atoms with E-state index >= 15 is 0 Å². The summed E-state index contributed by atoms with van der Waals surface area (Å²) in [5, 5.41) is 12.0. The number of nitriles is 1. The largest absolute Gasteiger partial charge is 0.359 e. The molecule has 0 saturated carbocycles. The number of nitrogens with zero attached hydrogens (tertiary/aromatic N) is 2. The van der Waals surface area contributed by atoms with Gasteiger partial charge in [-0.05, 0) is 37.1 Å². The van der Waals surface area contributed by atoms with Crippen LogP contribution in [0.15, 0.2) is 48.5 Å². The molecule has 1 heterocycles. The van der Waals surface area contributed by atoms with Gasteiger partial charge in [-0.15, -0.1) is 0 Å². The van der Waals surface area contributed by atoms with E-state index in [1.165, 1.54) is 5.56 Å². The van der Waals surface area contributed by atoms with Gasteiger partial charge >= 0.3 is 0 Å². The van der Waals surface area contributed by atoms with Crippen molar-refractivity contribution in [3.05, 3.63) is 59.7 Å². The third-order valence-electron chi connectivity index (χ3n) is 4.08. The van der Waals surface area contributed by atoms with Crippen molar-refractivity contribution in [2.24, 2.45) is 0 Å². The summed E-state index contributed by atoms with van der Waals surface area (Å²) < 4.78 is 0. The summed E-state index contributed by atoms with van der Waals surface area (Å²) in [6, 6.07) is 17.0. The van der Waals surface area contributed by atoms with E-state index in [-0.39, 0.29) is 11.9 Å². The summed E-state index contributed by atoms with van der Waals surface area (Å²) in [6.45, 7) is 2.74. The van der Waals surface area contributed by atoms with Crippen molar-refractivity contribution in [3.63, 3.8) is 0 Å². The first-order chi connectivity index (χ1) is 10.7. The molecule has 0 fully saturated rings. The highest BCUT2D eigenvalue weighted by molar-refractivity contribution is 5.97. The number of carbonyl (C=O) groups is 1. The highest BCUT2D eigenvalue weighted by Gasteiger charge is 2.27. The highest BCUT2D eigenvalue weighted by atomic mass is 16.2. The Balaban J connectivity index is 1.78. The molecule has 2 aromatic carbocycles. The minimum absolute atomic E-state index is 0.0978. The van der Waals surface area contributed by atoms with E-state index in [9.17, 15) is 4.79 Å². The Morgan fingerprint density at radius 2 is 1.95 bits per heavy atom. The van der Waals surface area contributed by atoms with Crippen LogP contribution in [-0.2, 0) is 11.2 Å². The van der Waals surface area contributed by atoms with Crippen LogP contribution in [0, 0.1) is 11.3 Å². The second-order valence-corrected chi connectivity index (χ2v) is 5.39. The maximum Gasteiger partial charge on any atom is 0.246 e. The Labute approximate surface area is 130 Å². The Hall–Kier alpha value is -2.80. The Kier molecular flexibility index (Phi) is 3.80. The minimum Gasteiger partial charge on any atom is -0.359 e. The maximum atomic E-state index is 12.5. The van der Waals surface area contributed by atoms with Crippen molar-refractivity contribution in [2.75, 3.05) is 16.8 Å². The molecule has 0 spiro atoms. The molecule has 1 atom stereocenters. The topological polar surface area (TPSA) is 56.1 Å². The van der Waals surface area contributed by atoms with Crippen molar-refractivity contribution < 1.29 is 4.79 Å². The van der Waals surface area contributed by atoms with Crippen LogP contribution in [0.5, 0.6) is 0 Å². The average molecular weight is 291 g/mol. The number of fused-ring (bicyclic) bond motifs is 1. The van der Waals surface area contributed by atoms with Crippen LogP contribution in [0.1, 0.15) is 18.1 Å². The molecule has 0 bridgehead atoms. The first kappa shape index (κ1) is 14.2. The number of amides is 1. The molecule has 0 radical (unpaired) electrons. The van der Waals surface area contributed by atoms with Gasteiger partial charge in [-0.3, -0.25) is 4.79 Å². The molecule has 1 aliphatic heterocycles. The minimum atomic E-state index is -0.282. The van der Waals surface area contributed by atoms with Crippen molar-refractivity contribution >= 4 is 17.3 Å². The molecule has 0 aliphatic carbocycles. The number of hydrogen-bond donors (Lipinski definition) is 1. The molecule has 0 saturated heterocycles. The average Bonchev–Trinajstić information content (AvgIpc) is 2.98. The second-order valence-electron chi connectivity index (χ2n) is 5.39. The predicted molar refractivity (Wildman–Crippen MR) is 86.7 cm³/mol. The number of para-hydroxylation sites is 2. The third-order valence-corrected chi connectivity index (χ3v) is 4.08. The Bertz CT molecular complexity index is 748. The van der Waals surface area contributed by atoms with E-state index in [4.69, 9.17) is 5.26 Å². The van der Waals surface area contributed by atoms with Gasteiger partial charge in [-0.2, -0.15) is 5.26 Å². The molecule has 2 aromatic rings. The van der Waals surface area contributed by atoms with Gasteiger partial charge in [0.25, 0.3) is 0 Å². The van der Waals surface area contributed by atoms with Crippen LogP contribution >= 0.6 is 0 Å². The van der Waals surface area contributed by atoms with E-state index in [0.717, 1.165) is 18.7 Å². The summed E-state index contributed by atoms with van der Waals surface area (Å²) >= 11 is 0. The first-order valence-corrected chi connectivity index (χ1v) is 7.35. The second kappa shape index (κ2) is 5.90. The lowest BCUT2D eigenvalue weighted by Crippen LogP contribution is -2.41.